The Balaban J connectivity index is 1.48. The highest BCUT2D eigenvalue weighted by molar-refractivity contribution is 5.86. The van der Waals surface area contributed by atoms with E-state index in [1.165, 1.54) is 24.3 Å². The summed E-state index contributed by atoms with van der Waals surface area (Å²) in [7, 11) is 0. The lowest BCUT2D eigenvalue weighted by Crippen LogP contribution is -2.33. The van der Waals surface area contributed by atoms with Gasteiger partial charge in [-0.15, -0.1) is 15.3 Å². The third kappa shape index (κ3) is 3.47. The van der Waals surface area contributed by atoms with Crippen LogP contribution in [0, 0.1) is 5.82 Å². The number of hydrogen-bond acceptors (Lipinski definition) is 5. The van der Waals surface area contributed by atoms with Gasteiger partial charge in [-0.3, -0.25) is 4.79 Å². The Morgan fingerprint density at radius 1 is 1.11 bits per heavy atom. The predicted octanol–water partition coefficient (Wildman–Crippen LogP) is 2.50. The summed E-state index contributed by atoms with van der Waals surface area (Å²) in [6, 6.07) is 8.02. The number of nitrogens with one attached hydrogen (secondary N) is 1. The van der Waals surface area contributed by atoms with E-state index >= 15 is 0 Å². The molecule has 0 spiro atoms. The minimum Gasteiger partial charge on any atom is -0.357 e. The number of nitrogens with zero attached hydrogens (tertiary/aromatic N) is 5. The van der Waals surface area contributed by atoms with Crippen LogP contribution < -0.4 is 5.32 Å². The van der Waals surface area contributed by atoms with E-state index in [-0.39, 0.29) is 23.2 Å². The van der Waals surface area contributed by atoms with Crippen LogP contribution in [0.5, 0.6) is 0 Å². The van der Waals surface area contributed by atoms with Crippen LogP contribution in [0.1, 0.15) is 17.8 Å². The standard InChI is InChI=1S/C17H14F4N6O/c18-11-3-1-10(2-4-11)9-26-8-7-12(15(26)28)22-13-5-6-14-23-24-16(17(19,20)21)27(14)25-13/h1-6,12H,7-9H2,(H,22,25). The average Bonchev–Trinajstić information content (AvgIpc) is 3.22. The molecule has 1 aromatic carbocycles. The largest absolute Gasteiger partial charge is 0.453 e. The molecule has 28 heavy (non-hydrogen) atoms. The van der Waals surface area contributed by atoms with Crippen LogP contribution in [-0.4, -0.2) is 43.2 Å². The Morgan fingerprint density at radius 3 is 2.57 bits per heavy atom. The normalized spacial score (nSPS) is 17.5. The number of halogens is 4. The molecule has 1 aliphatic heterocycles. The van der Waals surface area contributed by atoms with E-state index < -0.39 is 18.0 Å². The number of benzene rings is 1. The van der Waals surface area contributed by atoms with Crippen LogP contribution in [0.3, 0.4) is 0 Å². The monoisotopic (exact) mass is 394 g/mol. The third-order valence-electron chi connectivity index (χ3n) is 4.42. The van der Waals surface area contributed by atoms with Gasteiger partial charge in [0.05, 0.1) is 0 Å². The van der Waals surface area contributed by atoms with Gasteiger partial charge in [0.1, 0.15) is 17.7 Å². The van der Waals surface area contributed by atoms with Gasteiger partial charge in [0.2, 0.25) is 5.91 Å². The molecule has 1 amide bonds. The van der Waals surface area contributed by atoms with Gasteiger partial charge in [0.15, 0.2) is 5.65 Å². The van der Waals surface area contributed by atoms with Crippen molar-refractivity contribution < 1.29 is 22.4 Å². The summed E-state index contributed by atoms with van der Waals surface area (Å²) in [4.78, 5) is 14.2. The van der Waals surface area contributed by atoms with Crippen molar-refractivity contribution in [2.24, 2.45) is 0 Å². The molecule has 1 atom stereocenters. The van der Waals surface area contributed by atoms with Crippen LogP contribution >= 0.6 is 0 Å². The average molecular weight is 394 g/mol. The number of amides is 1. The van der Waals surface area contributed by atoms with Crippen LogP contribution in [0.2, 0.25) is 0 Å². The van der Waals surface area contributed by atoms with Crippen molar-refractivity contribution >= 4 is 17.4 Å². The Labute approximate surface area is 156 Å². The van der Waals surface area contributed by atoms with Crippen molar-refractivity contribution in [2.45, 2.75) is 25.2 Å². The second-order valence-corrected chi connectivity index (χ2v) is 6.38. The maximum Gasteiger partial charge on any atom is 0.453 e. The van der Waals surface area contributed by atoms with Gasteiger partial charge >= 0.3 is 6.18 Å². The molecule has 7 nitrogen and oxygen atoms in total. The van der Waals surface area contributed by atoms with E-state index in [2.05, 4.69) is 20.6 Å². The summed E-state index contributed by atoms with van der Waals surface area (Å²) < 4.78 is 52.5. The van der Waals surface area contributed by atoms with Crippen molar-refractivity contribution in [2.75, 3.05) is 11.9 Å². The quantitative estimate of drug-likeness (QED) is 0.689. The Hall–Kier alpha value is -3.24. The second kappa shape index (κ2) is 6.73. The zero-order valence-electron chi connectivity index (χ0n) is 14.3. The van der Waals surface area contributed by atoms with Crippen LogP contribution in [0.4, 0.5) is 23.4 Å². The fraction of sp³-hybridized carbons (Fsp3) is 0.294. The Kier molecular flexibility index (Phi) is 4.36. The van der Waals surface area contributed by atoms with Gasteiger partial charge in [0, 0.05) is 13.1 Å². The van der Waals surface area contributed by atoms with Crippen LogP contribution in [0.15, 0.2) is 36.4 Å². The maximum atomic E-state index is 13.0. The highest BCUT2D eigenvalue weighted by atomic mass is 19.4. The second-order valence-electron chi connectivity index (χ2n) is 6.38. The number of aromatic nitrogens is 4. The van der Waals surface area contributed by atoms with Crippen molar-refractivity contribution in [1.82, 2.24) is 24.7 Å². The van der Waals surface area contributed by atoms with Gasteiger partial charge in [-0.05, 0) is 36.2 Å². The molecule has 1 unspecified atom stereocenters. The smallest absolute Gasteiger partial charge is 0.357 e. The fourth-order valence-electron chi connectivity index (χ4n) is 3.06. The van der Waals surface area contributed by atoms with Crippen molar-refractivity contribution in [3.05, 3.63) is 53.6 Å². The summed E-state index contributed by atoms with van der Waals surface area (Å²) in [6.07, 6.45) is -4.23. The van der Waals surface area contributed by atoms with Crippen molar-refractivity contribution in [3.8, 4) is 0 Å². The molecule has 0 radical (unpaired) electrons. The lowest BCUT2D eigenvalue weighted by atomic mass is 10.2. The van der Waals surface area contributed by atoms with E-state index in [1.54, 1.807) is 17.0 Å². The number of fused-ring (bicyclic) bond motifs is 1. The number of hydrogen-bond donors (Lipinski definition) is 1. The van der Waals surface area contributed by atoms with Gasteiger partial charge in [-0.25, -0.2) is 4.39 Å². The molecule has 146 valence electrons. The molecular weight excluding hydrogens is 380 g/mol. The lowest BCUT2D eigenvalue weighted by Gasteiger charge is -2.17. The number of likely N-dealkylation sites (tertiary alicyclic amines) is 1. The highest BCUT2D eigenvalue weighted by Crippen LogP contribution is 2.28. The Morgan fingerprint density at radius 2 is 1.86 bits per heavy atom. The third-order valence-corrected chi connectivity index (χ3v) is 4.42. The lowest BCUT2D eigenvalue weighted by molar-refractivity contribution is -0.146. The molecule has 2 aromatic heterocycles. The maximum absolute atomic E-state index is 13.0. The van der Waals surface area contributed by atoms with E-state index in [4.69, 9.17) is 0 Å². The molecule has 0 aliphatic carbocycles. The van der Waals surface area contributed by atoms with E-state index in [0.717, 1.165) is 5.56 Å². The minimum atomic E-state index is -4.69. The summed E-state index contributed by atoms with van der Waals surface area (Å²) in [5.41, 5.74) is 0.739. The number of carbonyl (C=O) groups excluding carboxylic acids is 1. The molecular formula is C17H14F4N6O. The summed E-state index contributed by atoms with van der Waals surface area (Å²) in [5.74, 6) is -1.68. The summed E-state index contributed by atoms with van der Waals surface area (Å²) in [6.45, 7) is 0.796. The number of rotatable bonds is 4. The zero-order valence-corrected chi connectivity index (χ0v) is 14.3. The first-order chi connectivity index (χ1) is 13.3. The van der Waals surface area contributed by atoms with E-state index in [0.29, 0.717) is 24.0 Å². The molecule has 3 aromatic rings. The van der Waals surface area contributed by atoms with Crippen molar-refractivity contribution in [3.63, 3.8) is 0 Å². The molecule has 3 heterocycles. The van der Waals surface area contributed by atoms with Crippen LogP contribution in [0.25, 0.3) is 5.65 Å². The molecule has 1 fully saturated rings. The molecule has 1 N–H and O–H groups in total. The van der Waals surface area contributed by atoms with Crippen LogP contribution in [-0.2, 0) is 17.5 Å². The molecule has 1 aliphatic rings. The number of anilines is 1. The van der Waals surface area contributed by atoms with Gasteiger partial charge in [0.25, 0.3) is 5.82 Å². The van der Waals surface area contributed by atoms with E-state index in [9.17, 15) is 22.4 Å². The van der Waals surface area contributed by atoms with Gasteiger partial charge in [-0.1, -0.05) is 12.1 Å². The Bertz CT molecular complexity index is 1020. The first-order valence-corrected chi connectivity index (χ1v) is 8.41. The topological polar surface area (TPSA) is 75.4 Å². The van der Waals surface area contributed by atoms with Crippen molar-refractivity contribution in [1.29, 1.82) is 0 Å². The fourth-order valence-corrected chi connectivity index (χ4v) is 3.06. The predicted molar refractivity (Wildman–Crippen MR) is 89.6 cm³/mol. The zero-order chi connectivity index (χ0) is 19.9. The molecule has 1 saturated heterocycles. The number of alkyl halides is 3. The summed E-state index contributed by atoms with van der Waals surface area (Å²) in [5, 5.41) is 13.3. The van der Waals surface area contributed by atoms with E-state index in [1.807, 2.05) is 0 Å². The van der Waals surface area contributed by atoms with Gasteiger partial charge < -0.3 is 10.2 Å². The highest BCUT2D eigenvalue weighted by Gasteiger charge is 2.38. The molecule has 11 heteroatoms. The molecule has 4 rings (SSSR count). The molecule has 0 bridgehead atoms. The molecule has 0 saturated carbocycles. The SMILES string of the molecule is O=C1C(Nc2ccc3nnc(C(F)(F)F)n3n2)CCN1Cc1ccc(F)cc1. The summed E-state index contributed by atoms with van der Waals surface area (Å²) >= 11 is 0. The minimum absolute atomic E-state index is 0.0476. The first-order valence-electron chi connectivity index (χ1n) is 8.41. The first kappa shape index (κ1) is 18.1. The number of carbonyl (C=O) groups is 1. The van der Waals surface area contributed by atoms with Gasteiger partial charge in [-0.2, -0.15) is 17.7 Å².